The molecule has 58 valence electrons. The van der Waals surface area contributed by atoms with E-state index in [0.29, 0.717) is 15.7 Å². The average molecular weight is 207 g/mol. The summed E-state index contributed by atoms with van der Waals surface area (Å²) in [7, 11) is 0. The maximum absolute atomic E-state index is 10.0. The number of halogens is 2. The zero-order valence-corrected chi connectivity index (χ0v) is 7.71. The Hall–Kier alpha value is -0.310. The van der Waals surface area contributed by atoms with Crippen LogP contribution in [0.1, 0.15) is 5.56 Å². The van der Waals surface area contributed by atoms with Gasteiger partial charge in [-0.1, -0.05) is 23.2 Å². The lowest BCUT2D eigenvalue weighted by molar-refractivity contribution is -0.104. The molecular formula is C7H4Cl2OS. The van der Waals surface area contributed by atoms with Crippen LogP contribution in [-0.4, -0.2) is 6.29 Å². The summed E-state index contributed by atoms with van der Waals surface area (Å²) in [6.45, 7) is 0. The average Bonchev–Trinajstić information content (AvgIpc) is 2.36. The van der Waals surface area contributed by atoms with Gasteiger partial charge >= 0.3 is 0 Å². The molecule has 0 spiro atoms. The molecule has 1 nitrogen and oxygen atoms in total. The third-order valence-electron chi connectivity index (χ3n) is 1.06. The number of hydrogen-bond donors (Lipinski definition) is 0. The summed E-state index contributed by atoms with van der Waals surface area (Å²) in [5.41, 5.74) is 0.786. The van der Waals surface area contributed by atoms with Crippen LogP contribution >= 0.6 is 34.5 Å². The fourth-order valence-electron chi connectivity index (χ4n) is 0.591. The van der Waals surface area contributed by atoms with Gasteiger partial charge in [0.05, 0.1) is 9.37 Å². The van der Waals surface area contributed by atoms with Crippen LogP contribution in [0.15, 0.2) is 17.5 Å². The predicted octanol–water partition coefficient (Wildman–Crippen LogP) is 3.18. The molecule has 1 aromatic rings. The number of rotatable bonds is 2. The van der Waals surface area contributed by atoms with Crippen LogP contribution in [0.3, 0.4) is 0 Å². The van der Waals surface area contributed by atoms with E-state index >= 15 is 0 Å². The largest absolute Gasteiger partial charge is 0.299 e. The topological polar surface area (TPSA) is 17.1 Å². The summed E-state index contributed by atoms with van der Waals surface area (Å²) in [5.74, 6) is 0. The minimum Gasteiger partial charge on any atom is -0.299 e. The minimum atomic E-state index is 0.420. The van der Waals surface area contributed by atoms with E-state index in [9.17, 15) is 4.79 Å². The van der Waals surface area contributed by atoms with E-state index in [1.807, 2.05) is 0 Å². The third kappa shape index (κ3) is 2.33. The van der Waals surface area contributed by atoms with Crippen LogP contribution in [0.4, 0.5) is 0 Å². The summed E-state index contributed by atoms with van der Waals surface area (Å²) >= 11 is 12.7. The van der Waals surface area contributed by atoms with E-state index in [1.54, 1.807) is 11.4 Å². The first-order valence-corrected chi connectivity index (χ1v) is 4.43. The summed E-state index contributed by atoms with van der Waals surface area (Å²) < 4.78 is 0.664. The van der Waals surface area contributed by atoms with E-state index in [-0.39, 0.29) is 0 Å². The van der Waals surface area contributed by atoms with Gasteiger partial charge in [0.1, 0.15) is 6.29 Å². The van der Waals surface area contributed by atoms with Crippen LogP contribution in [0.2, 0.25) is 4.34 Å². The summed E-state index contributed by atoms with van der Waals surface area (Å²) in [6.07, 6.45) is 1.94. The maximum atomic E-state index is 10.0. The fraction of sp³-hybridized carbons (Fsp3) is 0. The lowest BCUT2D eigenvalue weighted by Gasteiger charge is -1.87. The quantitative estimate of drug-likeness (QED) is 0.537. The van der Waals surface area contributed by atoms with Crippen LogP contribution in [-0.2, 0) is 4.79 Å². The zero-order valence-electron chi connectivity index (χ0n) is 5.38. The molecule has 4 heteroatoms. The molecule has 0 radical (unpaired) electrons. The highest BCUT2D eigenvalue weighted by Gasteiger charge is 1.99. The molecule has 0 unspecified atom stereocenters. The molecule has 0 N–H and O–H groups in total. The van der Waals surface area contributed by atoms with Gasteiger partial charge in [0.15, 0.2) is 0 Å². The molecule has 0 saturated heterocycles. The number of carbonyl (C=O) groups excluding carboxylic acids is 1. The van der Waals surface area contributed by atoms with Gasteiger partial charge in [0.25, 0.3) is 0 Å². The first-order valence-electron chi connectivity index (χ1n) is 2.79. The van der Waals surface area contributed by atoms with Crippen molar-refractivity contribution in [2.75, 3.05) is 0 Å². The first-order chi connectivity index (χ1) is 5.24. The number of hydrogen-bond acceptors (Lipinski definition) is 2. The van der Waals surface area contributed by atoms with Gasteiger partial charge in [-0.25, -0.2) is 0 Å². The molecule has 0 atom stereocenters. The second-order valence-corrected chi connectivity index (χ2v) is 3.74. The van der Waals surface area contributed by atoms with Crippen molar-refractivity contribution < 1.29 is 4.79 Å². The zero-order chi connectivity index (χ0) is 8.27. The van der Waals surface area contributed by atoms with Crippen molar-refractivity contribution in [3.8, 4) is 0 Å². The van der Waals surface area contributed by atoms with Crippen LogP contribution in [0.25, 0.3) is 5.03 Å². The smallest absolute Gasteiger partial charge is 0.144 e. The molecule has 1 rings (SSSR count). The summed E-state index contributed by atoms with van der Waals surface area (Å²) in [5, 5.41) is 2.22. The third-order valence-corrected chi connectivity index (χ3v) is 2.49. The molecule has 11 heavy (non-hydrogen) atoms. The highest BCUT2D eigenvalue weighted by molar-refractivity contribution is 7.14. The van der Waals surface area contributed by atoms with Gasteiger partial charge in [-0.3, -0.25) is 4.79 Å². The molecule has 0 saturated carbocycles. The van der Waals surface area contributed by atoms with Crippen molar-refractivity contribution in [1.29, 1.82) is 0 Å². The lowest BCUT2D eigenvalue weighted by Crippen LogP contribution is -1.69. The highest BCUT2D eigenvalue weighted by Crippen LogP contribution is 2.27. The molecule has 0 aliphatic carbocycles. The van der Waals surface area contributed by atoms with Crippen molar-refractivity contribution in [1.82, 2.24) is 0 Å². The van der Waals surface area contributed by atoms with E-state index in [4.69, 9.17) is 23.2 Å². The highest BCUT2D eigenvalue weighted by atomic mass is 35.5. The molecule has 0 aromatic carbocycles. The van der Waals surface area contributed by atoms with Gasteiger partial charge in [0, 0.05) is 10.9 Å². The van der Waals surface area contributed by atoms with Crippen molar-refractivity contribution in [2.24, 2.45) is 0 Å². The summed E-state index contributed by atoms with van der Waals surface area (Å²) in [4.78, 5) is 10.0. The Balaban J connectivity index is 2.93. The van der Waals surface area contributed by atoms with Gasteiger partial charge in [-0.15, -0.1) is 11.3 Å². The molecular weight excluding hydrogens is 203 g/mol. The van der Waals surface area contributed by atoms with Gasteiger partial charge in [-0.2, -0.15) is 0 Å². The second-order valence-electron chi connectivity index (χ2n) is 1.79. The molecule has 1 heterocycles. The van der Waals surface area contributed by atoms with Crippen molar-refractivity contribution in [3.05, 3.63) is 27.4 Å². The Labute approximate surface area is 78.2 Å². The van der Waals surface area contributed by atoms with Crippen LogP contribution < -0.4 is 0 Å². The van der Waals surface area contributed by atoms with Crippen molar-refractivity contribution >= 4 is 45.9 Å². The maximum Gasteiger partial charge on any atom is 0.144 e. The molecule has 0 aliphatic rings. The Morgan fingerprint density at radius 3 is 2.82 bits per heavy atom. The second kappa shape index (κ2) is 3.90. The monoisotopic (exact) mass is 206 g/mol. The Morgan fingerprint density at radius 1 is 1.64 bits per heavy atom. The van der Waals surface area contributed by atoms with Gasteiger partial charge < -0.3 is 0 Å². The SMILES string of the molecule is O=CC=C(Cl)c1csc(Cl)c1. The molecule has 1 aromatic heterocycles. The standard InChI is InChI=1S/C7H4Cl2OS/c8-6(1-2-10)5-3-7(9)11-4-5/h1-4H. The van der Waals surface area contributed by atoms with Crippen LogP contribution in [0.5, 0.6) is 0 Å². The number of aldehydes is 1. The minimum absolute atomic E-state index is 0.420. The van der Waals surface area contributed by atoms with E-state index in [0.717, 1.165) is 5.56 Å². The molecule has 0 bridgehead atoms. The molecule has 0 aliphatic heterocycles. The Morgan fingerprint density at radius 2 is 2.36 bits per heavy atom. The van der Waals surface area contributed by atoms with Gasteiger partial charge in [0.2, 0.25) is 0 Å². The predicted molar refractivity (Wildman–Crippen MR) is 49.2 cm³/mol. The van der Waals surface area contributed by atoms with E-state index in [2.05, 4.69) is 0 Å². The Bertz CT molecular complexity index is 290. The first kappa shape index (κ1) is 8.78. The van der Waals surface area contributed by atoms with Crippen LogP contribution in [0, 0.1) is 0 Å². The molecule has 0 amide bonds. The van der Waals surface area contributed by atoms with E-state index < -0.39 is 0 Å². The lowest BCUT2D eigenvalue weighted by atomic mass is 10.3. The number of thiophene rings is 1. The van der Waals surface area contributed by atoms with E-state index in [1.165, 1.54) is 17.4 Å². The van der Waals surface area contributed by atoms with Gasteiger partial charge in [-0.05, 0) is 12.1 Å². The van der Waals surface area contributed by atoms with Crippen molar-refractivity contribution in [3.63, 3.8) is 0 Å². The summed E-state index contributed by atoms with van der Waals surface area (Å²) in [6, 6.07) is 1.72. The number of carbonyl (C=O) groups is 1. The van der Waals surface area contributed by atoms with Crippen molar-refractivity contribution in [2.45, 2.75) is 0 Å². The normalized spacial score (nSPS) is 11.6. The molecule has 0 fully saturated rings. The Kier molecular flexibility index (Phi) is 3.12. The fourth-order valence-corrected chi connectivity index (χ4v) is 1.70. The number of allylic oxidation sites excluding steroid dienone is 1.